The zero-order chi connectivity index (χ0) is 14.8. The highest BCUT2D eigenvalue weighted by Crippen LogP contribution is 2.24. The number of benzene rings is 1. The lowest BCUT2D eigenvalue weighted by Gasteiger charge is -2.10. The molecule has 0 amide bonds. The Balaban J connectivity index is 2.04. The molecule has 3 rings (SSSR count). The fourth-order valence-electron chi connectivity index (χ4n) is 2.13. The second kappa shape index (κ2) is 5.34. The summed E-state index contributed by atoms with van der Waals surface area (Å²) >= 11 is 0. The number of aromatic amines is 1. The molecule has 0 unspecified atom stereocenters. The smallest absolute Gasteiger partial charge is 0.249 e. The molecule has 0 saturated carbocycles. The highest BCUT2D eigenvalue weighted by molar-refractivity contribution is 5.90. The van der Waals surface area contributed by atoms with Gasteiger partial charge in [0.05, 0.1) is 5.69 Å². The predicted octanol–water partition coefficient (Wildman–Crippen LogP) is 2.26. The van der Waals surface area contributed by atoms with E-state index in [9.17, 15) is 9.18 Å². The van der Waals surface area contributed by atoms with Gasteiger partial charge in [-0.15, -0.1) is 0 Å². The van der Waals surface area contributed by atoms with E-state index in [2.05, 4.69) is 15.3 Å². The summed E-state index contributed by atoms with van der Waals surface area (Å²) in [6.45, 7) is 0.131. The van der Waals surface area contributed by atoms with Gasteiger partial charge in [0, 0.05) is 35.4 Å². The van der Waals surface area contributed by atoms with E-state index in [1.807, 2.05) is 0 Å². The van der Waals surface area contributed by atoms with Gasteiger partial charge in [0.15, 0.2) is 0 Å². The van der Waals surface area contributed by atoms with Gasteiger partial charge in [0.25, 0.3) is 0 Å². The predicted molar refractivity (Wildman–Crippen MR) is 79.9 cm³/mol. The first kappa shape index (κ1) is 13.3. The summed E-state index contributed by atoms with van der Waals surface area (Å²) in [5, 5.41) is 3.96. The minimum absolute atomic E-state index is 0.131. The molecule has 0 aliphatic rings. The molecule has 0 radical (unpaired) electrons. The molecule has 1 aromatic carbocycles. The maximum absolute atomic E-state index is 13.4. The third-order valence-electron chi connectivity index (χ3n) is 3.18. The molecule has 21 heavy (non-hydrogen) atoms. The van der Waals surface area contributed by atoms with E-state index in [0.717, 1.165) is 16.8 Å². The molecular weight excluding hydrogens is 271 g/mol. The van der Waals surface area contributed by atoms with Gasteiger partial charge in [-0.3, -0.25) is 4.79 Å². The molecule has 0 saturated heterocycles. The number of hydrogen-bond donors (Lipinski definition) is 3. The number of halogens is 1. The Labute approximate surface area is 119 Å². The van der Waals surface area contributed by atoms with Crippen LogP contribution in [0.25, 0.3) is 11.0 Å². The maximum Gasteiger partial charge on any atom is 0.249 e. The van der Waals surface area contributed by atoms with E-state index < -0.39 is 0 Å². The lowest BCUT2D eigenvalue weighted by molar-refractivity contribution is 0.611. The van der Waals surface area contributed by atoms with Crippen molar-refractivity contribution in [2.45, 2.75) is 6.54 Å². The molecule has 6 heteroatoms. The second-order valence-corrected chi connectivity index (χ2v) is 4.58. The number of rotatable bonds is 3. The van der Waals surface area contributed by atoms with Crippen LogP contribution in [0.4, 0.5) is 15.8 Å². The summed E-state index contributed by atoms with van der Waals surface area (Å²) in [6, 6.07) is 9.57. The zero-order valence-corrected chi connectivity index (χ0v) is 11.1. The van der Waals surface area contributed by atoms with E-state index in [1.54, 1.807) is 30.5 Å². The molecule has 2 aromatic heterocycles. The van der Waals surface area contributed by atoms with Gasteiger partial charge >= 0.3 is 0 Å². The van der Waals surface area contributed by atoms with E-state index >= 15 is 0 Å². The number of nitrogens with two attached hydrogens (primary N) is 1. The summed E-state index contributed by atoms with van der Waals surface area (Å²) in [5.74, 6) is -0.327. The SMILES string of the molecule is NCc1cc(Nc2ccnc3[nH]c(=O)ccc23)ccc1F. The van der Waals surface area contributed by atoms with Gasteiger partial charge < -0.3 is 16.0 Å². The highest BCUT2D eigenvalue weighted by Gasteiger charge is 2.05. The topological polar surface area (TPSA) is 83.8 Å². The average molecular weight is 284 g/mol. The number of pyridine rings is 2. The van der Waals surface area contributed by atoms with Crippen LogP contribution in [0, 0.1) is 5.82 Å². The van der Waals surface area contributed by atoms with Crippen molar-refractivity contribution < 1.29 is 4.39 Å². The van der Waals surface area contributed by atoms with Crippen LogP contribution in [0.1, 0.15) is 5.56 Å². The molecule has 0 fully saturated rings. The van der Waals surface area contributed by atoms with Crippen LogP contribution in [0.3, 0.4) is 0 Å². The van der Waals surface area contributed by atoms with Gasteiger partial charge in [0.1, 0.15) is 11.5 Å². The Bertz CT molecular complexity index is 860. The van der Waals surface area contributed by atoms with Crippen molar-refractivity contribution in [2.24, 2.45) is 5.73 Å². The van der Waals surface area contributed by atoms with Crippen molar-refractivity contribution in [1.82, 2.24) is 9.97 Å². The molecule has 0 bridgehead atoms. The van der Waals surface area contributed by atoms with Crippen molar-refractivity contribution in [3.63, 3.8) is 0 Å². The van der Waals surface area contributed by atoms with Crippen molar-refractivity contribution in [1.29, 1.82) is 0 Å². The Morgan fingerprint density at radius 2 is 2.10 bits per heavy atom. The molecule has 4 N–H and O–H groups in total. The Morgan fingerprint density at radius 1 is 1.24 bits per heavy atom. The number of H-pyrrole nitrogens is 1. The van der Waals surface area contributed by atoms with Crippen LogP contribution in [0.2, 0.25) is 0 Å². The number of hydrogen-bond acceptors (Lipinski definition) is 4. The number of aromatic nitrogens is 2. The van der Waals surface area contributed by atoms with E-state index in [1.165, 1.54) is 12.1 Å². The molecule has 3 aromatic rings. The fourth-order valence-corrected chi connectivity index (χ4v) is 2.13. The minimum Gasteiger partial charge on any atom is -0.355 e. The minimum atomic E-state index is -0.327. The van der Waals surface area contributed by atoms with Crippen LogP contribution >= 0.6 is 0 Å². The van der Waals surface area contributed by atoms with E-state index in [4.69, 9.17) is 5.73 Å². The largest absolute Gasteiger partial charge is 0.355 e. The first-order valence-corrected chi connectivity index (χ1v) is 6.41. The quantitative estimate of drug-likeness (QED) is 0.689. The third-order valence-corrected chi connectivity index (χ3v) is 3.18. The first-order chi connectivity index (χ1) is 10.2. The molecule has 0 atom stereocenters. The number of nitrogens with zero attached hydrogens (tertiary/aromatic N) is 1. The monoisotopic (exact) mass is 284 g/mol. The highest BCUT2D eigenvalue weighted by atomic mass is 19.1. The maximum atomic E-state index is 13.4. The van der Waals surface area contributed by atoms with Crippen molar-refractivity contribution in [2.75, 3.05) is 5.32 Å². The second-order valence-electron chi connectivity index (χ2n) is 4.58. The molecule has 0 aliphatic heterocycles. The van der Waals surface area contributed by atoms with Crippen LogP contribution in [-0.4, -0.2) is 9.97 Å². The Morgan fingerprint density at radius 3 is 2.90 bits per heavy atom. The van der Waals surface area contributed by atoms with Crippen molar-refractivity contribution >= 4 is 22.4 Å². The van der Waals surface area contributed by atoms with Gasteiger partial charge in [-0.1, -0.05) is 0 Å². The summed E-state index contributed by atoms with van der Waals surface area (Å²) in [5.41, 5.74) is 7.71. The standard InChI is InChI=1S/C15H13FN4O/c16-12-3-1-10(7-9(12)8-17)19-13-5-6-18-15-11(13)2-4-14(21)20-15/h1-7H,8,17H2,(H2,18,19,20,21). The molecule has 0 aliphatic carbocycles. The average Bonchev–Trinajstić information content (AvgIpc) is 2.49. The number of nitrogens with one attached hydrogen (secondary N) is 2. The zero-order valence-electron chi connectivity index (χ0n) is 11.1. The Hall–Kier alpha value is -2.73. The lowest BCUT2D eigenvalue weighted by Crippen LogP contribution is -2.05. The normalized spacial score (nSPS) is 10.8. The molecule has 5 nitrogen and oxygen atoms in total. The summed E-state index contributed by atoms with van der Waals surface area (Å²) in [6.07, 6.45) is 1.59. The lowest BCUT2D eigenvalue weighted by atomic mass is 10.1. The Kier molecular flexibility index (Phi) is 3.37. The summed E-state index contributed by atoms with van der Waals surface area (Å²) < 4.78 is 13.4. The summed E-state index contributed by atoms with van der Waals surface area (Å²) in [7, 11) is 0. The van der Waals surface area contributed by atoms with Crippen molar-refractivity contribution in [3.05, 3.63) is 64.3 Å². The van der Waals surface area contributed by atoms with Gasteiger partial charge in [-0.2, -0.15) is 0 Å². The van der Waals surface area contributed by atoms with Crippen LogP contribution in [0.15, 0.2) is 47.4 Å². The van der Waals surface area contributed by atoms with Crippen molar-refractivity contribution in [3.8, 4) is 0 Å². The molecule has 106 valence electrons. The summed E-state index contributed by atoms with van der Waals surface area (Å²) in [4.78, 5) is 18.1. The third kappa shape index (κ3) is 2.61. The molecule has 2 heterocycles. The molecular formula is C15H13FN4O. The number of fused-ring (bicyclic) bond motifs is 1. The van der Waals surface area contributed by atoms with Crippen LogP contribution < -0.4 is 16.6 Å². The van der Waals surface area contributed by atoms with Gasteiger partial charge in [0.2, 0.25) is 5.56 Å². The van der Waals surface area contributed by atoms with E-state index in [0.29, 0.717) is 11.2 Å². The first-order valence-electron chi connectivity index (χ1n) is 6.41. The molecule has 0 spiro atoms. The van der Waals surface area contributed by atoms with E-state index in [-0.39, 0.29) is 17.9 Å². The van der Waals surface area contributed by atoms with Crippen LogP contribution in [0.5, 0.6) is 0 Å². The van der Waals surface area contributed by atoms with Crippen LogP contribution in [-0.2, 0) is 6.54 Å². The fraction of sp³-hybridized carbons (Fsp3) is 0.0667. The van der Waals surface area contributed by atoms with Gasteiger partial charge in [-0.25, -0.2) is 9.37 Å². The van der Waals surface area contributed by atoms with Gasteiger partial charge in [-0.05, 0) is 30.3 Å². The number of anilines is 2.